The minimum atomic E-state index is -2.71. The van der Waals surface area contributed by atoms with Gasteiger partial charge in [-0.25, -0.2) is 22.5 Å². The van der Waals surface area contributed by atoms with Crippen LogP contribution in [-0.2, 0) is 4.79 Å². The van der Waals surface area contributed by atoms with E-state index in [1.807, 2.05) is 18.2 Å². The second kappa shape index (κ2) is 8.97. The molecule has 1 amide bonds. The van der Waals surface area contributed by atoms with Gasteiger partial charge in [0.2, 0.25) is 17.8 Å². The normalized spacial score (nSPS) is 25.2. The van der Waals surface area contributed by atoms with Crippen LogP contribution in [0.2, 0.25) is 0 Å². The molecule has 2 aromatic rings. The molecule has 3 fully saturated rings. The lowest BCUT2D eigenvalue weighted by molar-refractivity contribution is -0.146. The van der Waals surface area contributed by atoms with Crippen LogP contribution in [0.1, 0.15) is 74.7 Å². The van der Waals surface area contributed by atoms with E-state index in [2.05, 4.69) is 9.97 Å². The van der Waals surface area contributed by atoms with Gasteiger partial charge in [-0.05, 0) is 67.1 Å². The van der Waals surface area contributed by atoms with Crippen molar-refractivity contribution in [1.29, 1.82) is 0 Å². The van der Waals surface area contributed by atoms with Crippen molar-refractivity contribution in [3.05, 3.63) is 29.6 Å². The number of aromatic nitrogens is 2. The molecule has 1 aromatic carbocycles. The molecule has 5 nitrogen and oxygen atoms in total. The van der Waals surface area contributed by atoms with Crippen molar-refractivity contribution in [1.82, 2.24) is 9.97 Å². The number of aromatic amines is 1. The van der Waals surface area contributed by atoms with Crippen LogP contribution in [0.5, 0.6) is 0 Å². The van der Waals surface area contributed by atoms with Gasteiger partial charge in [0.15, 0.2) is 0 Å². The average molecular weight is 503 g/mol. The van der Waals surface area contributed by atoms with Crippen molar-refractivity contribution >= 4 is 29.3 Å². The van der Waals surface area contributed by atoms with E-state index in [9.17, 15) is 22.4 Å². The molecule has 3 aliphatic rings. The first kappa shape index (κ1) is 25.2. The number of fused-ring (bicyclic) bond motifs is 1. The smallest absolute Gasteiger partial charge is 0.248 e. The Morgan fingerprint density at radius 3 is 2.21 bits per heavy atom. The van der Waals surface area contributed by atoms with Gasteiger partial charge in [-0.3, -0.25) is 4.79 Å². The summed E-state index contributed by atoms with van der Waals surface area (Å²) >= 11 is 0. The first-order valence-corrected chi connectivity index (χ1v) is 11.8. The molecule has 0 aliphatic heterocycles. The summed E-state index contributed by atoms with van der Waals surface area (Å²) in [5.41, 5.74) is 14.4. The van der Waals surface area contributed by atoms with E-state index in [1.54, 1.807) is 0 Å². The van der Waals surface area contributed by atoms with E-state index in [4.69, 9.17) is 11.5 Å². The SMILES string of the molecule is Cl.NC(=O)C(C1CC(F)(F)C1)[C@@H](c1ccc2nc([C@@H](N)C3CCC(F)(F)CC3)[nH]c2c1)C1CC1. The summed E-state index contributed by atoms with van der Waals surface area (Å²) in [6.45, 7) is 0. The highest BCUT2D eigenvalue weighted by atomic mass is 35.5. The number of rotatable bonds is 7. The van der Waals surface area contributed by atoms with Crippen molar-refractivity contribution in [2.45, 2.75) is 75.2 Å². The number of hydrogen-bond donors (Lipinski definition) is 3. The number of primary amides is 1. The summed E-state index contributed by atoms with van der Waals surface area (Å²) < 4.78 is 54.1. The lowest BCUT2D eigenvalue weighted by atomic mass is 9.65. The fourth-order valence-electron chi connectivity index (χ4n) is 5.95. The Bertz CT molecular complexity index is 1040. The molecule has 5 N–H and O–H groups in total. The van der Waals surface area contributed by atoms with Crippen LogP contribution >= 0.6 is 12.4 Å². The van der Waals surface area contributed by atoms with Gasteiger partial charge in [-0.2, -0.15) is 0 Å². The van der Waals surface area contributed by atoms with Gasteiger partial charge in [0, 0.05) is 31.6 Å². The highest BCUT2D eigenvalue weighted by Gasteiger charge is 2.54. The van der Waals surface area contributed by atoms with E-state index in [-0.39, 0.29) is 55.8 Å². The van der Waals surface area contributed by atoms with E-state index in [1.165, 1.54) is 0 Å². The number of nitrogens with two attached hydrogens (primary N) is 2. The summed E-state index contributed by atoms with van der Waals surface area (Å²) in [5.74, 6) is -6.33. The molecule has 1 aromatic heterocycles. The van der Waals surface area contributed by atoms with Crippen LogP contribution in [0, 0.1) is 23.7 Å². The predicted molar refractivity (Wildman–Crippen MR) is 123 cm³/mol. The van der Waals surface area contributed by atoms with Gasteiger partial charge < -0.3 is 16.5 Å². The Balaban J connectivity index is 0.00000274. The second-order valence-corrected chi connectivity index (χ2v) is 10.4. The summed E-state index contributed by atoms with van der Waals surface area (Å²) in [6.07, 6.45) is 1.69. The van der Waals surface area contributed by atoms with Gasteiger partial charge in [0.25, 0.3) is 0 Å². The summed E-state index contributed by atoms with van der Waals surface area (Å²) in [4.78, 5) is 20.2. The number of nitrogens with zero attached hydrogens (tertiary/aromatic N) is 1. The van der Waals surface area contributed by atoms with Crippen LogP contribution in [0.3, 0.4) is 0 Å². The molecule has 3 aliphatic carbocycles. The third-order valence-corrected chi connectivity index (χ3v) is 7.97. The molecule has 0 radical (unpaired) electrons. The number of amides is 1. The lowest BCUT2D eigenvalue weighted by Gasteiger charge is -2.42. The van der Waals surface area contributed by atoms with Crippen LogP contribution in [0.4, 0.5) is 17.6 Å². The molecule has 5 rings (SSSR count). The molecule has 3 saturated carbocycles. The maximum absolute atomic E-state index is 13.6. The zero-order valence-electron chi connectivity index (χ0n) is 18.8. The summed E-state index contributed by atoms with van der Waals surface area (Å²) in [7, 11) is 0. The van der Waals surface area contributed by atoms with Gasteiger partial charge >= 0.3 is 0 Å². The quantitative estimate of drug-likeness (QED) is 0.439. The van der Waals surface area contributed by atoms with Crippen LogP contribution in [0.25, 0.3) is 11.0 Å². The van der Waals surface area contributed by atoms with Crippen LogP contribution in [0.15, 0.2) is 18.2 Å². The molecule has 10 heteroatoms. The fraction of sp³-hybridized carbons (Fsp3) is 0.667. The van der Waals surface area contributed by atoms with Crippen molar-refractivity contribution in [3.8, 4) is 0 Å². The van der Waals surface area contributed by atoms with Crippen molar-refractivity contribution in [3.63, 3.8) is 0 Å². The van der Waals surface area contributed by atoms with E-state index in [0.717, 1.165) is 23.9 Å². The van der Waals surface area contributed by atoms with E-state index in [0.29, 0.717) is 24.2 Å². The number of H-pyrrole nitrogens is 1. The van der Waals surface area contributed by atoms with Gasteiger partial charge in [0.05, 0.1) is 17.1 Å². The largest absolute Gasteiger partial charge is 0.369 e. The highest BCUT2D eigenvalue weighted by Crippen LogP contribution is 2.55. The number of hydrogen-bond acceptors (Lipinski definition) is 3. The number of benzene rings is 1. The maximum atomic E-state index is 13.6. The number of imidazole rings is 1. The molecule has 1 heterocycles. The minimum absolute atomic E-state index is 0. The monoisotopic (exact) mass is 502 g/mol. The maximum Gasteiger partial charge on any atom is 0.248 e. The minimum Gasteiger partial charge on any atom is -0.369 e. The molecule has 0 saturated heterocycles. The average Bonchev–Trinajstić information content (AvgIpc) is 3.46. The third-order valence-electron chi connectivity index (χ3n) is 7.97. The molecular formula is C24H31ClF4N4O. The van der Waals surface area contributed by atoms with Gasteiger partial charge in [0.1, 0.15) is 5.82 Å². The Kier molecular flexibility index (Phi) is 6.66. The zero-order valence-corrected chi connectivity index (χ0v) is 19.6. The zero-order chi connectivity index (χ0) is 23.5. The Hall–Kier alpha value is -1.87. The third kappa shape index (κ3) is 4.91. The summed E-state index contributed by atoms with van der Waals surface area (Å²) in [6, 6.07) is 5.19. The van der Waals surface area contributed by atoms with Gasteiger partial charge in [-0.1, -0.05) is 6.07 Å². The first-order valence-electron chi connectivity index (χ1n) is 11.8. The molecule has 0 bridgehead atoms. The molecule has 188 valence electrons. The Morgan fingerprint density at radius 1 is 1.00 bits per heavy atom. The fourth-order valence-corrected chi connectivity index (χ4v) is 5.95. The topological polar surface area (TPSA) is 97.8 Å². The highest BCUT2D eigenvalue weighted by molar-refractivity contribution is 5.85. The number of nitrogens with one attached hydrogen (secondary N) is 1. The summed E-state index contributed by atoms with van der Waals surface area (Å²) in [5, 5.41) is 0. The van der Waals surface area contributed by atoms with E-state index < -0.39 is 35.6 Å². The van der Waals surface area contributed by atoms with Crippen LogP contribution < -0.4 is 11.5 Å². The number of carbonyl (C=O) groups excluding carboxylic acids is 1. The van der Waals surface area contributed by atoms with Crippen molar-refractivity contribution < 1.29 is 22.4 Å². The van der Waals surface area contributed by atoms with Gasteiger partial charge in [-0.15, -0.1) is 12.4 Å². The second-order valence-electron chi connectivity index (χ2n) is 10.4. The van der Waals surface area contributed by atoms with Crippen LogP contribution in [-0.4, -0.2) is 27.7 Å². The molecule has 0 spiro atoms. The lowest BCUT2D eigenvalue weighted by Crippen LogP contribution is -2.46. The molecular weight excluding hydrogens is 472 g/mol. The predicted octanol–water partition coefficient (Wildman–Crippen LogP) is 5.45. The molecule has 3 atom stereocenters. The van der Waals surface area contributed by atoms with E-state index >= 15 is 0 Å². The van der Waals surface area contributed by atoms with Crippen molar-refractivity contribution in [2.24, 2.45) is 35.1 Å². The Morgan fingerprint density at radius 2 is 1.65 bits per heavy atom. The number of carbonyl (C=O) groups is 1. The van der Waals surface area contributed by atoms with Crippen molar-refractivity contribution in [2.75, 3.05) is 0 Å². The Labute approximate surface area is 201 Å². The standard InChI is InChI=1S/C24H30F4N4O.ClH/c25-23(26)7-5-13(6-8-23)20(29)22-31-16-4-3-14(9-17(16)32-22)18(12-1-2-12)19(21(30)33)15-10-24(27,28)11-15;/h3-4,9,12-13,15,18-20H,1-2,5-8,10-11,29H2,(H2,30,33)(H,31,32);1H/t18-,19?,20+;/m1./s1. The number of alkyl halides is 4. The first-order chi connectivity index (χ1) is 15.5. The number of halogens is 5. The molecule has 34 heavy (non-hydrogen) atoms. The molecule has 1 unspecified atom stereocenters.